The van der Waals surface area contributed by atoms with Crippen LogP contribution in [0, 0.1) is 28.4 Å². The van der Waals surface area contributed by atoms with E-state index < -0.39 is 10.8 Å². The van der Waals surface area contributed by atoms with Gasteiger partial charge in [-0.1, -0.05) is 28.1 Å². The molecular weight excluding hydrogens is 374 g/mol. The number of nitrogens with one attached hydrogen (secondary N) is 1. The lowest BCUT2D eigenvalue weighted by atomic mass is 10.1. The van der Waals surface area contributed by atoms with Gasteiger partial charge in [-0.2, -0.15) is 5.26 Å². The smallest absolute Gasteiger partial charge is 0.269 e. The van der Waals surface area contributed by atoms with E-state index in [-0.39, 0.29) is 11.3 Å². The molecule has 2 aromatic carbocycles. The summed E-state index contributed by atoms with van der Waals surface area (Å²) in [7, 11) is 0. The lowest BCUT2D eigenvalue weighted by Gasteiger charge is -2.07. The van der Waals surface area contributed by atoms with Gasteiger partial charge in [0.2, 0.25) is 0 Å². The molecule has 7 heteroatoms. The van der Waals surface area contributed by atoms with Gasteiger partial charge in [0, 0.05) is 22.3 Å². The molecule has 2 aromatic rings. The van der Waals surface area contributed by atoms with Gasteiger partial charge in [0.25, 0.3) is 11.6 Å². The summed E-state index contributed by atoms with van der Waals surface area (Å²) in [6, 6.07) is 13.1. The van der Waals surface area contributed by atoms with Crippen molar-refractivity contribution in [3.63, 3.8) is 0 Å². The average Bonchev–Trinajstić information content (AvgIpc) is 2.55. The summed E-state index contributed by atoms with van der Waals surface area (Å²) < 4.78 is 0.893. The van der Waals surface area contributed by atoms with E-state index in [0.29, 0.717) is 16.8 Å². The van der Waals surface area contributed by atoms with Crippen molar-refractivity contribution in [1.29, 1.82) is 5.26 Å². The summed E-state index contributed by atoms with van der Waals surface area (Å²) in [6.45, 7) is 1.65. The predicted octanol–water partition coefficient (Wildman–Crippen LogP) is 4.21. The zero-order valence-corrected chi connectivity index (χ0v) is 14.2. The lowest BCUT2D eigenvalue weighted by molar-refractivity contribution is -0.384. The van der Waals surface area contributed by atoms with Crippen molar-refractivity contribution in [2.45, 2.75) is 6.92 Å². The molecule has 1 amide bonds. The van der Waals surface area contributed by atoms with Gasteiger partial charge in [0.05, 0.1) is 4.92 Å². The SMILES string of the molecule is Cc1cc([N+](=O)[O-])ccc1NC(=O)C(C#N)=Cc1ccc(Br)cc1. The van der Waals surface area contributed by atoms with Gasteiger partial charge in [0.15, 0.2) is 0 Å². The van der Waals surface area contributed by atoms with Crippen molar-refractivity contribution in [3.05, 3.63) is 73.8 Å². The zero-order chi connectivity index (χ0) is 17.7. The number of carbonyl (C=O) groups excluding carboxylic acids is 1. The molecule has 0 bridgehead atoms. The van der Waals surface area contributed by atoms with Crippen LogP contribution < -0.4 is 5.32 Å². The van der Waals surface area contributed by atoms with Crippen LogP contribution in [0.15, 0.2) is 52.5 Å². The monoisotopic (exact) mass is 385 g/mol. The van der Waals surface area contributed by atoms with Gasteiger partial charge in [-0.05, 0) is 42.3 Å². The third-order valence-electron chi connectivity index (χ3n) is 3.22. The van der Waals surface area contributed by atoms with Crippen LogP contribution in [0.5, 0.6) is 0 Å². The first kappa shape index (κ1) is 17.4. The molecule has 0 aromatic heterocycles. The molecule has 0 aliphatic carbocycles. The van der Waals surface area contributed by atoms with E-state index in [1.165, 1.54) is 24.3 Å². The van der Waals surface area contributed by atoms with Crippen LogP contribution in [0.25, 0.3) is 6.08 Å². The standard InChI is InChI=1S/C17H12BrN3O3/c1-11-8-15(21(23)24)6-7-16(11)20-17(22)13(10-19)9-12-2-4-14(18)5-3-12/h2-9H,1H3,(H,20,22). The van der Waals surface area contributed by atoms with E-state index in [9.17, 15) is 20.2 Å². The Morgan fingerprint density at radius 2 is 1.96 bits per heavy atom. The molecule has 0 aliphatic heterocycles. The highest BCUT2D eigenvalue weighted by Crippen LogP contribution is 2.22. The highest BCUT2D eigenvalue weighted by molar-refractivity contribution is 9.10. The maximum absolute atomic E-state index is 12.2. The highest BCUT2D eigenvalue weighted by atomic mass is 79.9. The number of hydrogen-bond acceptors (Lipinski definition) is 4. The lowest BCUT2D eigenvalue weighted by Crippen LogP contribution is -2.14. The number of halogens is 1. The fourth-order valence-electron chi connectivity index (χ4n) is 1.97. The summed E-state index contributed by atoms with van der Waals surface area (Å²) in [4.78, 5) is 22.5. The molecule has 0 fully saturated rings. The van der Waals surface area contributed by atoms with E-state index in [1.807, 2.05) is 6.07 Å². The minimum atomic E-state index is -0.572. The number of nitriles is 1. The topological polar surface area (TPSA) is 96.0 Å². The Morgan fingerprint density at radius 3 is 2.50 bits per heavy atom. The van der Waals surface area contributed by atoms with Crippen LogP contribution in [0.2, 0.25) is 0 Å². The molecule has 0 saturated carbocycles. The van der Waals surface area contributed by atoms with Gasteiger partial charge in [-0.25, -0.2) is 0 Å². The minimum Gasteiger partial charge on any atom is -0.321 e. The van der Waals surface area contributed by atoms with Gasteiger partial charge in [-0.15, -0.1) is 0 Å². The first-order valence-corrected chi connectivity index (χ1v) is 7.64. The highest BCUT2D eigenvalue weighted by Gasteiger charge is 2.13. The average molecular weight is 386 g/mol. The number of nitrogens with zero attached hydrogens (tertiary/aromatic N) is 2. The Bertz CT molecular complexity index is 868. The third kappa shape index (κ3) is 4.27. The summed E-state index contributed by atoms with van der Waals surface area (Å²) >= 11 is 3.31. The molecule has 24 heavy (non-hydrogen) atoms. The molecule has 0 spiro atoms. The predicted molar refractivity (Wildman–Crippen MR) is 94.2 cm³/mol. The number of hydrogen-bond donors (Lipinski definition) is 1. The molecular formula is C17H12BrN3O3. The first-order chi connectivity index (χ1) is 11.4. The number of amides is 1. The van der Waals surface area contributed by atoms with Gasteiger partial charge in [0.1, 0.15) is 11.6 Å². The van der Waals surface area contributed by atoms with Crippen LogP contribution in [-0.4, -0.2) is 10.8 Å². The fourth-order valence-corrected chi connectivity index (χ4v) is 2.23. The Labute approximate surface area is 146 Å². The van der Waals surface area contributed by atoms with Gasteiger partial charge in [-0.3, -0.25) is 14.9 Å². The van der Waals surface area contributed by atoms with Crippen molar-refractivity contribution in [3.8, 4) is 6.07 Å². The van der Waals surface area contributed by atoms with E-state index in [2.05, 4.69) is 21.2 Å². The van der Waals surface area contributed by atoms with Gasteiger partial charge < -0.3 is 5.32 Å². The van der Waals surface area contributed by atoms with Crippen molar-refractivity contribution in [2.75, 3.05) is 5.32 Å². The zero-order valence-electron chi connectivity index (χ0n) is 12.6. The number of benzene rings is 2. The summed E-state index contributed by atoms with van der Waals surface area (Å²) in [5.41, 5.74) is 1.55. The third-order valence-corrected chi connectivity index (χ3v) is 3.74. The second-order valence-corrected chi connectivity index (χ2v) is 5.85. The molecule has 0 saturated heterocycles. The van der Waals surface area contributed by atoms with Crippen LogP contribution in [0.4, 0.5) is 11.4 Å². The molecule has 0 atom stereocenters. The van der Waals surface area contributed by atoms with E-state index in [1.54, 1.807) is 31.2 Å². The molecule has 1 N–H and O–H groups in total. The van der Waals surface area contributed by atoms with E-state index in [4.69, 9.17) is 0 Å². The minimum absolute atomic E-state index is 0.0589. The molecule has 0 heterocycles. The van der Waals surface area contributed by atoms with Crippen molar-refractivity contribution in [1.82, 2.24) is 0 Å². The Hall–Kier alpha value is -2.98. The molecule has 0 unspecified atom stereocenters. The quantitative estimate of drug-likeness (QED) is 0.368. The molecule has 0 aliphatic rings. The number of anilines is 1. The second kappa shape index (κ2) is 7.53. The summed E-state index contributed by atoms with van der Waals surface area (Å²) in [6.07, 6.45) is 1.47. The van der Waals surface area contributed by atoms with Crippen molar-refractivity contribution in [2.24, 2.45) is 0 Å². The molecule has 0 radical (unpaired) electrons. The largest absolute Gasteiger partial charge is 0.321 e. The number of carbonyl (C=O) groups is 1. The second-order valence-electron chi connectivity index (χ2n) is 4.93. The van der Waals surface area contributed by atoms with E-state index in [0.717, 1.165) is 4.47 Å². The molecule has 2 rings (SSSR count). The van der Waals surface area contributed by atoms with Gasteiger partial charge >= 0.3 is 0 Å². The van der Waals surface area contributed by atoms with E-state index >= 15 is 0 Å². The number of nitro groups is 1. The summed E-state index contributed by atoms with van der Waals surface area (Å²) in [5, 5.41) is 22.5. The number of non-ortho nitro benzene ring substituents is 1. The molecule has 6 nitrogen and oxygen atoms in total. The molecule has 120 valence electrons. The van der Waals surface area contributed by atoms with Crippen molar-refractivity contribution < 1.29 is 9.72 Å². The number of rotatable bonds is 4. The van der Waals surface area contributed by atoms with Crippen LogP contribution in [0.3, 0.4) is 0 Å². The maximum Gasteiger partial charge on any atom is 0.269 e. The number of aryl methyl sites for hydroxylation is 1. The normalized spacial score (nSPS) is 10.8. The summed E-state index contributed by atoms with van der Waals surface area (Å²) in [5.74, 6) is -0.572. The fraction of sp³-hybridized carbons (Fsp3) is 0.0588. The maximum atomic E-state index is 12.2. The van der Waals surface area contributed by atoms with Crippen LogP contribution in [-0.2, 0) is 4.79 Å². The van der Waals surface area contributed by atoms with Crippen LogP contribution >= 0.6 is 15.9 Å². The van der Waals surface area contributed by atoms with Crippen LogP contribution in [0.1, 0.15) is 11.1 Å². The Balaban J connectivity index is 2.22. The Kier molecular flexibility index (Phi) is 5.45. The Morgan fingerprint density at radius 1 is 1.29 bits per heavy atom. The number of nitro benzene ring substituents is 1. The van der Waals surface area contributed by atoms with Crippen molar-refractivity contribution >= 4 is 39.3 Å². The first-order valence-electron chi connectivity index (χ1n) is 6.84.